The molecule has 0 heterocycles. The second kappa shape index (κ2) is 8.77. The molecule has 30 heavy (non-hydrogen) atoms. The molecule has 1 amide bonds. The van der Waals surface area contributed by atoms with Crippen molar-refractivity contribution >= 4 is 23.1 Å². The molecular weight excluding hydrogens is 390 g/mol. The highest BCUT2D eigenvalue weighted by Crippen LogP contribution is 2.46. The highest BCUT2D eigenvalue weighted by Gasteiger charge is 2.26. The zero-order chi connectivity index (χ0) is 21.8. The number of anilines is 1. The number of benzene rings is 2. The Morgan fingerprint density at radius 1 is 0.933 bits per heavy atom. The van der Waals surface area contributed by atoms with E-state index >= 15 is 0 Å². The summed E-state index contributed by atoms with van der Waals surface area (Å²) in [6.45, 7) is 0. The Labute approximate surface area is 174 Å². The Balaban J connectivity index is 2.26. The van der Waals surface area contributed by atoms with Crippen LogP contribution in [0.5, 0.6) is 23.0 Å². The lowest BCUT2D eigenvalue weighted by molar-refractivity contribution is -0.114. The number of nitrogens with one attached hydrogen (secondary N) is 1. The van der Waals surface area contributed by atoms with Crippen LogP contribution < -0.4 is 24.3 Å². The average Bonchev–Trinajstić information content (AvgIpc) is 2.90. The summed E-state index contributed by atoms with van der Waals surface area (Å²) in [5.74, 6) is 1.74. The fourth-order valence-electron chi connectivity index (χ4n) is 3.59. The molecule has 8 heteroatoms. The molecule has 2 N–H and O–H groups in total. The molecule has 3 rings (SSSR count). The van der Waals surface area contributed by atoms with Crippen LogP contribution in [-0.4, -0.2) is 45.4 Å². The summed E-state index contributed by atoms with van der Waals surface area (Å²) in [6, 6.07) is 6.84. The van der Waals surface area contributed by atoms with Crippen molar-refractivity contribution in [2.24, 2.45) is 0 Å². The molecule has 0 aliphatic heterocycles. The summed E-state index contributed by atoms with van der Waals surface area (Å²) in [5.41, 5.74) is 3.11. The van der Waals surface area contributed by atoms with Gasteiger partial charge in [-0.25, -0.2) is 4.79 Å². The number of carboxylic acid groups (broad SMARTS) is 1. The van der Waals surface area contributed by atoms with Crippen LogP contribution in [0.2, 0.25) is 0 Å². The van der Waals surface area contributed by atoms with Gasteiger partial charge in [-0.05, 0) is 47.4 Å². The van der Waals surface area contributed by atoms with Gasteiger partial charge < -0.3 is 24.1 Å². The van der Waals surface area contributed by atoms with E-state index in [2.05, 4.69) is 5.32 Å². The van der Waals surface area contributed by atoms with Gasteiger partial charge in [0.05, 0.1) is 34.1 Å². The van der Waals surface area contributed by atoms with Crippen molar-refractivity contribution in [1.82, 2.24) is 0 Å². The smallest absolute Gasteiger partial charge is 0.409 e. The number of ketones is 1. The number of hydrogen-bond donors (Lipinski definition) is 2. The Hall–Kier alpha value is -3.68. The number of rotatable bonds is 6. The molecule has 0 unspecified atom stereocenters. The lowest BCUT2D eigenvalue weighted by Crippen LogP contribution is -2.09. The van der Waals surface area contributed by atoms with Gasteiger partial charge in [0.1, 0.15) is 5.75 Å². The van der Waals surface area contributed by atoms with E-state index in [1.807, 2.05) is 0 Å². The lowest BCUT2D eigenvalue weighted by Gasteiger charge is -2.20. The SMILES string of the molecule is COc1ccc(C2=CC(=O)CCc3c2cc(OC)c(OC)c3OC)cc1NC(=O)O. The minimum absolute atomic E-state index is 0.0512. The van der Waals surface area contributed by atoms with E-state index in [0.717, 1.165) is 11.1 Å². The predicted octanol–water partition coefficient (Wildman–Crippen LogP) is 3.76. The molecule has 1 aliphatic carbocycles. The lowest BCUT2D eigenvalue weighted by atomic mass is 9.92. The molecule has 0 saturated carbocycles. The van der Waals surface area contributed by atoms with Gasteiger partial charge in [-0.3, -0.25) is 10.1 Å². The van der Waals surface area contributed by atoms with Crippen LogP contribution in [0.15, 0.2) is 30.3 Å². The molecular formula is C22H23NO7. The maximum Gasteiger partial charge on any atom is 0.409 e. The van der Waals surface area contributed by atoms with Crippen molar-refractivity contribution < 1.29 is 33.6 Å². The zero-order valence-electron chi connectivity index (χ0n) is 17.2. The fourth-order valence-corrected chi connectivity index (χ4v) is 3.59. The van der Waals surface area contributed by atoms with Gasteiger partial charge in [0.15, 0.2) is 17.3 Å². The Kier molecular flexibility index (Phi) is 6.15. The molecule has 0 fully saturated rings. The number of amides is 1. The summed E-state index contributed by atoms with van der Waals surface area (Å²) in [4.78, 5) is 23.7. The number of methoxy groups -OCH3 is 4. The van der Waals surface area contributed by atoms with Crippen LogP contribution in [0.25, 0.3) is 5.57 Å². The molecule has 0 atom stereocenters. The van der Waals surface area contributed by atoms with Crippen molar-refractivity contribution in [3.05, 3.63) is 47.0 Å². The number of hydrogen-bond acceptors (Lipinski definition) is 6. The van der Waals surface area contributed by atoms with Gasteiger partial charge in [-0.1, -0.05) is 6.07 Å². The van der Waals surface area contributed by atoms with Gasteiger partial charge in [-0.2, -0.15) is 0 Å². The standard InChI is InChI=1S/C22H23NO7/c1-27-18-8-5-12(9-17(18)23-22(25)26)15-10-13(24)6-7-14-16(15)11-19(28-2)21(30-4)20(14)29-3/h5,8-11,23H,6-7H2,1-4H3,(H,25,26). The molecule has 1 aliphatic rings. The maximum atomic E-state index is 12.5. The van der Waals surface area contributed by atoms with Crippen LogP contribution in [-0.2, 0) is 11.2 Å². The molecule has 0 aromatic heterocycles. The highest BCUT2D eigenvalue weighted by molar-refractivity contribution is 6.03. The molecule has 0 radical (unpaired) electrons. The molecule has 0 spiro atoms. The van der Waals surface area contributed by atoms with Crippen LogP contribution in [0.1, 0.15) is 23.1 Å². The molecule has 2 aromatic carbocycles. The quantitative estimate of drug-likeness (QED) is 0.743. The normalized spacial score (nSPS) is 12.9. The zero-order valence-corrected chi connectivity index (χ0v) is 17.2. The summed E-state index contributed by atoms with van der Waals surface area (Å²) < 4.78 is 21.8. The molecule has 8 nitrogen and oxygen atoms in total. The number of ether oxygens (including phenoxy) is 4. The van der Waals surface area contributed by atoms with Crippen molar-refractivity contribution in [3.63, 3.8) is 0 Å². The van der Waals surface area contributed by atoms with E-state index in [0.29, 0.717) is 47.0 Å². The first-order chi connectivity index (χ1) is 14.4. The summed E-state index contributed by atoms with van der Waals surface area (Å²) in [6.07, 6.45) is 1.11. The second-order valence-electron chi connectivity index (χ2n) is 6.54. The molecule has 0 saturated heterocycles. The minimum atomic E-state index is -1.22. The third kappa shape index (κ3) is 3.89. The van der Waals surface area contributed by atoms with Gasteiger partial charge in [0, 0.05) is 12.0 Å². The monoisotopic (exact) mass is 413 g/mol. The number of carbonyl (C=O) groups is 2. The minimum Gasteiger partial charge on any atom is -0.495 e. The van der Waals surface area contributed by atoms with E-state index < -0.39 is 6.09 Å². The van der Waals surface area contributed by atoms with Gasteiger partial charge in [0.25, 0.3) is 0 Å². The Bertz CT molecular complexity index is 1030. The van der Waals surface area contributed by atoms with Crippen molar-refractivity contribution in [2.75, 3.05) is 33.8 Å². The van der Waals surface area contributed by atoms with E-state index in [-0.39, 0.29) is 11.5 Å². The number of allylic oxidation sites excluding steroid dienone is 1. The topological polar surface area (TPSA) is 103 Å². The van der Waals surface area contributed by atoms with Crippen LogP contribution >= 0.6 is 0 Å². The van der Waals surface area contributed by atoms with Crippen LogP contribution in [0.3, 0.4) is 0 Å². The Morgan fingerprint density at radius 3 is 2.23 bits per heavy atom. The molecule has 0 bridgehead atoms. The highest BCUT2D eigenvalue weighted by atomic mass is 16.5. The van der Waals surface area contributed by atoms with E-state index in [1.54, 1.807) is 30.3 Å². The van der Waals surface area contributed by atoms with Crippen molar-refractivity contribution in [3.8, 4) is 23.0 Å². The van der Waals surface area contributed by atoms with E-state index in [9.17, 15) is 9.59 Å². The van der Waals surface area contributed by atoms with Gasteiger partial charge >= 0.3 is 6.09 Å². The number of fused-ring (bicyclic) bond motifs is 1. The van der Waals surface area contributed by atoms with Gasteiger partial charge in [0.2, 0.25) is 5.75 Å². The first-order valence-electron chi connectivity index (χ1n) is 9.18. The summed E-state index contributed by atoms with van der Waals surface area (Å²) >= 11 is 0. The van der Waals surface area contributed by atoms with Crippen molar-refractivity contribution in [1.29, 1.82) is 0 Å². The van der Waals surface area contributed by atoms with Gasteiger partial charge in [-0.15, -0.1) is 0 Å². The maximum absolute atomic E-state index is 12.5. The third-order valence-electron chi connectivity index (χ3n) is 4.90. The summed E-state index contributed by atoms with van der Waals surface area (Å²) in [7, 11) is 6.04. The average molecular weight is 413 g/mol. The first-order valence-corrected chi connectivity index (χ1v) is 9.18. The number of carbonyl (C=O) groups excluding carboxylic acids is 1. The second-order valence-corrected chi connectivity index (χ2v) is 6.54. The van der Waals surface area contributed by atoms with E-state index in [1.165, 1.54) is 28.4 Å². The largest absolute Gasteiger partial charge is 0.495 e. The summed E-state index contributed by atoms with van der Waals surface area (Å²) in [5, 5.41) is 11.5. The molecule has 2 aromatic rings. The Morgan fingerprint density at radius 2 is 1.63 bits per heavy atom. The van der Waals surface area contributed by atoms with Crippen molar-refractivity contribution in [2.45, 2.75) is 12.8 Å². The third-order valence-corrected chi connectivity index (χ3v) is 4.90. The first kappa shape index (κ1) is 21.0. The van der Waals surface area contributed by atoms with Crippen LogP contribution in [0, 0.1) is 0 Å². The van der Waals surface area contributed by atoms with Crippen LogP contribution in [0.4, 0.5) is 10.5 Å². The molecule has 158 valence electrons. The predicted molar refractivity (Wildman–Crippen MR) is 111 cm³/mol. The van der Waals surface area contributed by atoms with E-state index in [4.69, 9.17) is 24.1 Å². The fraction of sp³-hybridized carbons (Fsp3) is 0.273.